The molecule has 3 aromatic rings. The van der Waals surface area contributed by atoms with Crippen LogP contribution in [0.1, 0.15) is 31.2 Å². The molecule has 3 heterocycles. The topological polar surface area (TPSA) is 71.8 Å². The first kappa shape index (κ1) is 18.9. The highest BCUT2D eigenvalue weighted by Gasteiger charge is 2.30. The van der Waals surface area contributed by atoms with Crippen LogP contribution in [0.4, 0.5) is 11.8 Å². The van der Waals surface area contributed by atoms with Crippen molar-refractivity contribution in [2.24, 2.45) is 11.8 Å². The van der Waals surface area contributed by atoms with E-state index in [2.05, 4.69) is 39.4 Å². The van der Waals surface area contributed by atoms with Gasteiger partial charge < -0.3 is 9.64 Å². The number of anilines is 2. The van der Waals surface area contributed by atoms with Crippen molar-refractivity contribution in [2.75, 3.05) is 29.9 Å². The number of benzene rings is 1. The second-order valence-electron chi connectivity index (χ2n) is 8.36. The molecule has 0 bridgehead atoms. The molecule has 1 saturated carbocycles. The SMILES string of the molecule is Cc1ccccc1OCC1CCN(c2cccc3nc(NC(=O)C4CC4)nn23)CC1. The van der Waals surface area contributed by atoms with Gasteiger partial charge in [0.15, 0.2) is 5.65 Å². The van der Waals surface area contributed by atoms with E-state index in [1.165, 1.54) is 5.56 Å². The van der Waals surface area contributed by atoms with Gasteiger partial charge in [0, 0.05) is 19.0 Å². The van der Waals surface area contributed by atoms with E-state index in [9.17, 15) is 4.79 Å². The van der Waals surface area contributed by atoms with Gasteiger partial charge in [-0.05, 0) is 62.3 Å². The van der Waals surface area contributed by atoms with Crippen LogP contribution in [0.5, 0.6) is 5.75 Å². The van der Waals surface area contributed by atoms with Gasteiger partial charge in [0.05, 0.1) is 6.61 Å². The minimum atomic E-state index is 0.0296. The number of nitrogens with one attached hydrogen (secondary N) is 1. The molecule has 0 radical (unpaired) electrons. The van der Waals surface area contributed by atoms with Gasteiger partial charge in [-0.3, -0.25) is 10.1 Å². The van der Waals surface area contributed by atoms with E-state index < -0.39 is 0 Å². The molecule has 5 rings (SSSR count). The summed E-state index contributed by atoms with van der Waals surface area (Å²) in [5, 5.41) is 7.40. The van der Waals surface area contributed by atoms with Gasteiger partial charge in [0.1, 0.15) is 11.6 Å². The third-order valence-electron chi connectivity index (χ3n) is 6.03. The number of nitrogens with zero attached hydrogens (tertiary/aromatic N) is 4. The fourth-order valence-corrected chi connectivity index (χ4v) is 4.00. The summed E-state index contributed by atoms with van der Waals surface area (Å²) in [6.45, 7) is 4.73. The van der Waals surface area contributed by atoms with Crippen molar-refractivity contribution in [3.05, 3.63) is 48.0 Å². The maximum absolute atomic E-state index is 12.0. The van der Waals surface area contributed by atoms with Gasteiger partial charge in [-0.25, -0.2) is 0 Å². The van der Waals surface area contributed by atoms with E-state index in [1.54, 1.807) is 0 Å². The Morgan fingerprint density at radius 3 is 2.67 bits per heavy atom. The van der Waals surface area contributed by atoms with Crippen LogP contribution in [0.2, 0.25) is 0 Å². The molecule has 2 aliphatic rings. The Bertz CT molecular complexity index is 1050. The molecule has 1 saturated heterocycles. The molecular formula is C23H27N5O2. The quantitative estimate of drug-likeness (QED) is 0.677. The zero-order valence-corrected chi connectivity index (χ0v) is 17.3. The van der Waals surface area contributed by atoms with Crippen LogP contribution in [-0.2, 0) is 4.79 Å². The van der Waals surface area contributed by atoms with Crippen LogP contribution >= 0.6 is 0 Å². The molecule has 2 fully saturated rings. The van der Waals surface area contributed by atoms with E-state index in [1.807, 2.05) is 34.8 Å². The van der Waals surface area contributed by atoms with Crippen LogP contribution in [-0.4, -0.2) is 40.2 Å². The summed E-state index contributed by atoms with van der Waals surface area (Å²) in [4.78, 5) is 18.9. The Kier molecular flexibility index (Phi) is 5.02. The molecule has 1 aliphatic carbocycles. The molecule has 7 nitrogen and oxygen atoms in total. The third-order valence-corrected chi connectivity index (χ3v) is 6.03. The lowest BCUT2D eigenvalue weighted by atomic mass is 9.98. The van der Waals surface area contributed by atoms with E-state index in [0.717, 1.165) is 62.6 Å². The number of carbonyl (C=O) groups excluding carboxylic acids is 1. The van der Waals surface area contributed by atoms with Gasteiger partial charge in [-0.15, -0.1) is 5.10 Å². The highest BCUT2D eigenvalue weighted by Crippen LogP contribution is 2.30. The Labute approximate surface area is 176 Å². The molecule has 1 amide bonds. The van der Waals surface area contributed by atoms with Gasteiger partial charge in [0.2, 0.25) is 11.9 Å². The number of aromatic nitrogens is 3. The summed E-state index contributed by atoms with van der Waals surface area (Å²) in [5.41, 5.74) is 1.93. The number of piperidine rings is 1. The maximum Gasteiger partial charge on any atom is 0.249 e. The Balaban J connectivity index is 1.22. The summed E-state index contributed by atoms with van der Waals surface area (Å²) >= 11 is 0. The van der Waals surface area contributed by atoms with E-state index in [-0.39, 0.29) is 11.8 Å². The number of rotatable bonds is 6. The van der Waals surface area contributed by atoms with Crippen molar-refractivity contribution in [2.45, 2.75) is 32.6 Å². The molecule has 1 aromatic carbocycles. The van der Waals surface area contributed by atoms with Crippen LogP contribution in [0.15, 0.2) is 42.5 Å². The average molecular weight is 406 g/mol. The van der Waals surface area contributed by atoms with Gasteiger partial charge in [-0.2, -0.15) is 9.50 Å². The number of amides is 1. The van der Waals surface area contributed by atoms with Crippen molar-refractivity contribution in [3.8, 4) is 5.75 Å². The molecule has 1 N–H and O–H groups in total. The van der Waals surface area contributed by atoms with Crippen molar-refractivity contribution >= 4 is 23.3 Å². The second-order valence-corrected chi connectivity index (χ2v) is 8.36. The number of hydrogen-bond acceptors (Lipinski definition) is 5. The van der Waals surface area contributed by atoms with Gasteiger partial charge in [-0.1, -0.05) is 24.3 Å². The molecule has 30 heavy (non-hydrogen) atoms. The minimum absolute atomic E-state index is 0.0296. The third kappa shape index (κ3) is 3.97. The predicted octanol–water partition coefficient (Wildman–Crippen LogP) is 3.68. The zero-order valence-electron chi connectivity index (χ0n) is 17.3. The highest BCUT2D eigenvalue weighted by atomic mass is 16.5. The number of pyridine rings is 1. The molecule has 1 aliphatic heterocycles. The van der Waals surface area contributed by atoms with Crippen LogP contribution in [0.25, 0.3) is 5.65 Å². The van der Waals surface area contributed by atoms with E-state index in [4.69, 9.17) is 4.74 Å². The summed E-state index contributed by atoms with van der Waals surface area (Å²) in [6.07, 6.45) is 4.07. The van der Waals surface area contributed by atoms with Crippen molar-refractivity contribution in [1.82, 2.24) is 14.6 Å². The van der Waals surface area contributed by atoms with Crippen LogP contribution < -0.4 is 15.0 Å². The fraction of sp³-hybridized carbons (Fsp3) is 0.435. The second kappa shape index (κ2) is 7.97. The van der Waals surface area contributed by atoms with E-state index >= 15 is 0 Å². The number of ether oxygens (including phenoxy) is 1. The summed E-state index contributed by atoms with van der Waals surface area (Å²) in [7, 11) is 0. The Morgan fingerprint density at radius 2 is 1.90 bits per heavy atom. The first-order valence-electron chi connectivity index (χ1n) is 10.8. The average Bonchev–Trinajstić information content (AvgIpc) is 3.53. The maximum atomic E-state index is 12.0. The number of carbonyl (C=O) groups is 1. The fourth-order valence-electron chi connectivity index (χ4n) is 4.00. The molecule has 2 aromatic heterocycles. The molecule has 156 valence electrons. The Hall–Kier alpha value is -3.09. The number of hydrogen-bond donors (Lipinski definition) is 1. The standard InChI is InChI=1S/C23H27N5O2/c1-16-5-2-3-6-19(16)30-15-17-11-13-27(14-12-17)21-8-4-7-20-24-23(26-28(20)21)25-22(29)18-9-10-18/h2-8,17-18H,9-15H2,1H3,(H,25,26,29). The molecule has 0 unspecified atom stereocenters. The van der Waals surface area contributed by atoms with Crippen LogP contribution in [0, 0.1) is 18.8 Å². The summed E-state index contributed by atoms with van der Waals surface area (Å²) < 4.78 is 7.91. The van der Waals surface area contributed by atoms with Gasteiger partial charge in [0.25, 0.3) is 0 Å². The molecule has 7 heteroatoms. The number of para-hydroxylation sites is 1. The Morgan fingerprint density at radius 1 is 1.10 bits per heavy atom. The summed E-state index contributed by atoms with van der Waals surface area (Å²) in [6, 6.07) is 14.2. The van der Waals surface area contributed by atoms with Crippen molar-refractivity contribution < 1.29 is 9.53 Å². The van der Waals surface area contributed by atoms with Crippen LogP contribution in [0.3, 0.4) is 0 Å². The number of aryl methyl sites for hydroxylation is 1. The largest absolute Gasteiger partial charge is 0.493 e. The zero-order chi connectivity index (χ0) is 20.5. The van der Waals surface area contributed by atoms with Crippen molar-refractivity contribution in [1.29, 1.82) is 0 Å². The minimum Gasteiger partial charge on any atom is -0.493 e. The predicted molar refractivity (Wildman–Crippen MR) is 116 cm³/mol. The normalized spacial score (nSPS) is 17.3. The molecule has 0 atom stereocenters. The first-order chi connectivity index (χ1) is 14.7. The lowest BCUT2D eigenvalue weighted by Crippen LogP contribution is -2.36. The highest BCUT2D eigenvalue weighted by molar-refractivity contribution is 5.92. The lowest BCUT2D eigenvalue weighted by molar-refractivity contribution is -0.117. The molecular weight excluding hydrogens is 378 g/mol. The first-order valence-corrected chi connectivity index (χ1v) is 10.8. The molecule has 0 spiro atoms. The monoisotopic (exact) mass is 405 g/mol. The number of fused-ring (bicyclic) bond motifs is 1. The van der Waals surface area contributed by atoms with Crippen molar-refractivity contribution in [3.63, 3.8) is 0 Å². The smallest absolute Gasteiger partial charge is 0.249 e. The van der Waals surface area contributed by atoms with E-state index in [0.29, 0.717) is 11.9 Å². The van der Waals surface area contributed by atoms with Gasteiger partial charge >= 0.3 is 0 Å². The summed E-state index contributed by atoms with van der Waals surface area (Å²) in [5.74, 6) is 3.10. The lowest BCUT2D eigenvalue weighted by Gasteiger charge is -2.33.